The maximum Gasteiger partial charge on any atom is 0.265 e. The second-order valence-corrected chi connectivity index (χ2v) is 10.0. The van der Waals surface area contributed by atoms with Crippen LogP contribution >= 0.6 is 0 Å². The molecule has 0 atom stereocenters. The fourth-order valence-corrected chi connectivity index (χ4v) is 5.31. The molecule has 1 aliphatic carbocycles. The van der Waals surface area contributed by atoms with Gasteiger partial charge in [-0.2, -0.15) is 0 Å². The van der Waals surface area contributed by atoms with Crippen LogP contribution in [0.3, 0.4) is 0 Å². The van der Waals surface area contributed by atoms with Crippen LogP contribution in [0.1, 0.15) is 51.4 Å². The molecule has 1 aromatic carbocycles. The maximum absolute atomic E-state index is 10.8. The molecule has 1 saturated carbocycles. The van der Waals surface area contributed by atoms with Gasteiger partial charge in [-0.05, 0) is 74.8 Å². The SMILES string of the molecule is OC1(CN2CCC(COc3noc4cccc(O[C@H]5CC[C@H](O)CC5)c34)CC2)CCOCC1. The summed E-state index contributed by atoms with van der Waals surface area (Å²) in [6, 6.07) is 5.73. The number of hydrogen-bond acceptors (Lipinski definition) is 8. The summed E-state index contributed by atoms with van der Waals surface area (Å²) in [6.07, 6.45) is 6.65. The zero-order valence-electron chi connectivity index (χ0n) is 19.3. The van der Waals surface area contributed by atoms with Crippen LogP contribution in [0.5, 0.6) is 11.6 Å². The van der Waals surface area contributed by atoms with Crippen molar-refractivity contribution in [3.05, 3.63) is 18.2 Å². The topological polar surface area (TPSA) is 97.4 Å². The molecule has 3 aliphatic rings. The van der Waals surface area contributed by atoms with Crippen molar-refractivity contribution in [2.75, 3.05) is 39.5 Å². The van der Waals surface area contributed by atoms with Crippen LogP contribution in [-0.4, -0.2) is 77.5 Å². The molecular weight excluding hydrogens is 424 g/mol. The summed E-state index contributed by atoms with van der Waals surface area (Å²) in [7, 11) is 0. The molecule has 3 heterocycles. The van der Waals surface area contributed by atoms with E-state index in [1.165, 1.54) is 0 Å². The number of fused-ring (bicyclic) bond motifs is 1. The van der Waals surface area contributed by atoms with Crippen LogP contribution in [-0.2, 0) is 4.74 Å². The molecule has 8 nitrogen and oxygen atoms in total. The lowest BCUT2D eigenvalue weighted by molar-refractivity contribution is -0.0834. The first-order chi connectivity index (χ1) is 16.1. The third-order valence-electron chi connectivity index (χ3n) is 7.47. The minimum atomic E-state index is -0.603. The van der Waals surface area contributed by atoms with Crippen molar-refractivity contribution in [3.63, 3.8) is 0 Å². The Kier molecular flexibility index (Phi) is 7.06. The summed E-state index contributed by atoms with van der Waals surface area (Å²) in [6.45, 7) is 4.58. The highest BCUT2D eigenvalue weighted by Crippen LogP contribution is 2.36. The lowest BCUT2D eigenvalue weighted by Crippen LogP contribution is -2.49. The summed E-state index contributed by atoms with van der Waals surface area (Å²) >= 11 is 0. The van der Waals surface area contributed by atoms with Crippen molar-refractivity contribution in [1.29, 1.82) is 0 Å². The van der Waals surface area contributed by atoms with E-state index in [1.807, 2.05) is 18.2 Å². The number of aliphatic hydroxyl groups is 2. The van der Waals surface area contributed by atoms with Gasteiger partial charge < -0.3 is 33.8 Å². The number of aromatic nitrogens is 1. The van der Waals surface area contributed by atoms with E-state index >= 15 is 0 Å². The van der Waals surface area contributed by atoms with Gasteiger partial charge in [0, 0.05) is 32.6 Å². The summed E-state index contributed by atoms with van der Waals surface area (Å²) in [5.74, 6) is 1.69. The predicted octanol–water partition coefficient (Wildman–Crippen LogP) is 3.14. The summed E-state index contributed by atoms with van der Waals surface area (Å²) in [5, 5.41) is 25.5. The highest BCUT2D eigenvalue weighted by Gasteiger charge is 2.33. The number of rotatable bonds is 7. The van der Waals surface area contributed by atoms with Crippen LogP contribution in [0.25, 0.3) is 11.0 Å². The second-order valence-electron chi connectivity index (χ2n) is 10.0. The van der Waals surface area contributed by atoms with Gasteiger partial charge in [0.1, 0.15) is 11.1 Å². The minimum Gasteiger partial charge on any atom is -0.489 e. The smallest absolute Gasteiger partial charge is 0.265 e. The number of piperidine rings is 1. The first-order valence-electron chi connectivity index (χ1n) is 12.5. The number of β-amino-alcohol motifs (C(OH)–C–C–N with tert-alkyl or cyclic N) is 1. The van der Waals surface area contributed by atoms with Gasteiger partial charge in [0.25, 0.3) is 5.88 Å². The highest BCUT2D eigenvalue weighted by atomic mass is 16.5. The molecule has 2 saturated heterocycles. The molecule has 0 radical (unpaired) electrons. The van der Waals surface area contributed by atoms with E-state index < -0.39 is 5.60 Å². The molecule has 2 aromatic rings. The Labute approximate surface area is 194 Å². The molecule has 3 fully saturated rings. The summed E-state index contributed by atoms with van der Waals surface area (Å²) < 4.78 is 23.3. The molecule has 1 aromatic heterocycles. The maximum atomic E-state index is 10.8. The van der Waals surface area contributed by atoms with Crippen LogP contribution in [0.15, 0.2) is 22.7 Å². The molecule has 182 valence electrons. The molecule has 0 unspecified atom stereocenters. The zero-order valence-corrected chi connectivity index (χ0v) is 19.3. The molecule has 5 rings (SSSR count). The number of hydrogen-bond donors (Lipinski definition) is 2. The van der Waals surface area contributed by atoms with Gasteiger partial charge in [-0.15, -0.1) is 0 Å². The average molecular weight is 461 g/mol. The number of nitrogens with zero attached hydrogens (tertiary/aromatic N) is 2. The summed E-state index contributed by atoms with van der Waals surface area (Å²) in [5.41, 5.74) is 0.0616. The van der Waals surface area contributed by atoms with E-state index in [9.17, 15) is 10.2 Å². The van der Waals surface area contributed by atoms with Gasteiger partial charge in [-0.1, -0.05) is 6.07 Å². The van der Waals surface area contributed by atoms with Crippen molar-refractivity contribution < 1.29 is 28.9 Å². The first-order valence-corrected chi connectivity index (χ1v) is 12.5. The monoisotopic (exact) mass is 460 g/mol. The molecule has 33 heavy (non-hydrogen) atoms. The average Bonchev–Trinajstić information content (AvgIpc) is 3.24. The molecule has 2 N–H and O–H groups in total. The van der Waals surface area contributed by atoms with E-state index in [0.29, 0.717) is 37.2 Å². The number of aliphatic hydroxyl groups excluding tert-OH is 1. The van der Waals surface area contributed by atoms with Gasteiger partial charge in [-0.3, -0.25) is 0 Å². The normalized spacial score (nSPS) is 27.0. The predicted molar refractivity (Wildman–Crippen MR) is 123 cm³/mol. The van der Waals surface area contributed by atoms with Gasteiger partial charge in [0.2, 0.25) is 0 Å². The fraction of sp³-hybridized carbons (Fsp3) is 0.720. The standard InChI is InChI=1S/C25H36N2O6/c28-19-4-6-20(7-5-19)32-21-2-1-3-22-23(21)24(26-33-22)31-16-18-8-12-27(13-9-18)17-25(29)10-14-30-15-11-25/h1-3,18-20,28-29H,4-17H2/t19-,20-. The van der Waals surface area contributed by atoms with E-state index in [1.54, 1.807) is 0 Å². The Balaban J connectivity index is 1.15. The molecular formula is C25H36N2O6. The minimum absolute atomic E-state index is 0.0941. The fourth-order valence-electron chi connectivity index (χ4n) is 5.31. The molecule has 0 bridgehead atoms. The van der Waals surface area contributed by atoms with Crippen molar-refractivity contribution in [1.82, 2.24) is 10.1 Å². The second kappa shape index (κ2) is 10.2. The number of likely N-dealkylation sites (tertiary alicyclic amines) is 1. The first kappa shape index (κ1) is 22.9. The van der Waals surface area contributed by atoms with E-state index in [2.05, 4.69) is 10.1 Å². The Morgan fingerprint density at radius 1 is 1.06 bits per heavy atom. The largest absolute Gasteiger partial charge is 0.489 e. The lowest BCUT2D eigenvalue weighted by Gasteiger charge is -2.39. The van der Waals surface area contributed by atoms with E-state index in [-0.39, 0.29) is 12.2 Å². The van der Waals surface area contributed by atoms with Crippen LogP contribution in [0.2, 0.25) is 0 Å². The lowest BCUT2D eigenvalue weighted by atomic mass is 9.91. The van der Waals surface area contributed by atoms with Crippen LogP contribution < -0.4 is 9.47 Å². The molecule has 0 amide bonds. The quantitative estimate of drug-likeness (QED) is 0.650. The van der Waals surface area contributed by atoms with Crippen LogP contribution in [0, 0.1) is 5.92 Å². The third kappa shape index (κ3) is 5.62. The Bertz CT molecular complexity index is 895. The summed E-state index contributed by atoms with van der Waals surface area (Å²) in [4.78, 5) is 2.38. The zero-order chi connectivity index (χ0) is 22.7. The van der Waals surface area contributed by atoms with Gasteiger partial charge in [0.05, 0.1) is 24.4 Å². The van der Waals surface area contributed by atoms with Crippen molar-refractivity contribution in [3.8, 4) is 11.6 Å². The van der Waals surface area contributed by atoms with Crippen molar-refractivity contribution >= 4 is 11.0 Å². The van der Waals surface area contributed by atoms with Crippen LogP contribution in [0.4, 0.5) is 0 Å². The van der Waals surface area contributed by atoms with E-state index in [4.69, 9.17) is 18.7 Å². The molecule has 2 aliphatic heterocycles. The number of benzene rings is 1. The van der Waals surface area contributed by atoms with Gasteiger partial charge in [-0.25, -0.2) is 0 Å². The number of ether oxygens (including phenoxy) is 3. The Morgan fingerprint density at radius 2 is 1.82 bits per heavy atom. The highest BCUT2D eigenvalue weighted by molar-refractivity contribution is 5.88. The molecule has 8 heteroatoms. The van der Waals surface area contributed by atoms with Crippen molar-refractivity contribution in [2.24, 2.45) is 5.92 Å². The molecule has 0 spiro atoms. The van der Waals surface area contributed by atoms with E-state index in [0.717, 1.165) is 82.1 Å². The Morgan fingerprint density at radius 3 is 2.58 bits per heavy atom. The third-order valence-corrected chi connectivity index (χ3v) is 7.47. The van der Waals surface area contributed by atoms with Gasteiger partial charge in [0.15, 0.2) is 5.58 Å². The van der Waals surface area contributed by atoms with Crippen molar-refractivity contribution in [2.45, 2.75) is 69.2 Å². The van der Waals surface area contributed by atoms with Gasteiger partial charge >= 0.3 is 0 Å². The Hall–Kier alpha value is -1.87.